The van der Waals surface area contributed by atoms with Gasteiger partial charge in [0.25, 0.3) is 0 Å². The number of nitrogens with one attached hydrogen (secondary N) is 1. The molecule has 0 saturated heterocycles. The van der Waals surface area contributed by atoms with Crippen LogP contribution in [0, 0.1) is 0 Å². The van der Waals surface area contributed by atoms with Crippen molar-refractivity contribution in [2.75, 3.05) is 7.05 Å². The minimum atomic E-state index is 0.206. The molecular weight excluding hydrogens is 240 g/mol. The fraction of sp³-hybridized carbons (Fsp3) is 0.400. The quantitative estimate of drug-likeness (QED) is 0.910. The summed E-state index contributed by atoms with van der Waals surface area (Å²) in [5.74, 6) is 0. The Kier molecular flexibility index (Phi) is 3.18. The van der Waals surface area contributed by atoms with Gasteiger partial charge in [0.15, 0.2) is 0 Å². The molecule has 3 heteroatoms. The Hall–Kier alpha value is -1.19. The van der Waals surface area contributed by atoms with Gasteiger partial charge in [-0.1, -0.05) is 36.8 Å². The van der Waals surface area contributed by atoms with E-state index in [0.29, 0.717) is 0 Å². The number of rotatable bonds is 4. The van der Waals surface area contributed by atoms with Gasteiger partial charge >= 0.3 is 0 Å². The van der Waals surface area contributed by atoms with E-state index in [1.54, 1.807) is 0 Å². The van der Waals surface area contributed by atoms with Crippen molar-refractivity contribution >= 4 is 11.3 Å². The highest BCUT2D eigenvalue weighted by Crippen LogP contribution is 2.49. The van der Waals surface area contributed by atoms with Gasteiger partial charge in [0, 0.05) is 17.3 Å². The SMILES string of the molecule is CNCc1csc(C2(c3ccccc3)CCC2)n1. The molecular formula is C15H18N2S. The zero-order chi connectivity index (χ0) is 12.4. The van der Waals surface area contributed by atoms with Gasteiger partial charge in [-0.15, -0.1) is 11.3 Å². The second-order valence-electron chi connectivity index (χ2n) is 4.98. The third-order valence-electron chi connectivity index (χ3n) is 3.85. The molecule has 1 aliphatic carbocycles. The summed E-state index contributed by atoms with van der Waals surface area (Å²) in [5.41, 5.74) is 2.80. The van der Waals surface area contributed by atoms with E-state index in [-0.39, 0.29) is 5.41 Å². The second kappa shape index (κ2) is 4.82. The largest absolute Gasteiger partial charge is 0.314 e. The molecule has 1 saturated carbocycles. The first kappa shape index (κ1) is 11.9. The molecule has 94 valence electrons. The van der Waals surface area contributed by atoms with Crippen LogP contribution in [0.1, 0.15) is 35.5 Å². The monoisotopic (exact) mass is 258 g/mol. The number of benzene rings is 1. The summed E-state index contributed by atoms with van der Waals surface area (Å²) in [7, 11) is 1.97. The predicted molar refractivity (Wildman–Crippen MR) is 76.0 cm³/mol. The summed E-state index contributed by atoms with van der Waals surface area (Å²) in [6.45, 7) is 0.862. The molecule has 2 nitrogen and oxygen atoms in total. The highest BCUT2D eigenvalue weighted by molar-refractivity contribution is 7.09. The minimum Gasteiger partial charge on any atom is -0.314 e. The fourth-order valence-corrected chi connectivity index (χ4v) is 3.80. The van der Waals surface area contributed by atoms with Crippen molar-refractivity contribution in [2.45, 2.75) is 31.2 Å². The van der Waals surface area contributed by atoms with E-state index < -0.39 is 0 Å². The lowest BCUT2D eigenvalue weighted by Crippen LogP contribution is -2.35. The second-order valence-corrected chi connectivity index (χ2v) is 5.83. The van der Waals surface area contributed by atoms with Crippen LogP contribution in [0.2, 0.25) is 0 Å². The summed E-state index contributed by atoms with van der Waals surface area (Å²) in [6, 6.07) is 10.9. The van der Waals surface area contributed by atoms with E-state index in [4.69, 9.17) is 4.98 Å². The van der Waals surface area contributed by atoms with Crippen molar-refractivity contribution in [1.82, 2.24) is 10.3 Å². The lowest BCUT2D eigenvalue weighted by atomic mass is 9.65. The van der Waals surface area contributed by atoms with Gasteiger partial charge in [0.2, 0.25) is 0 Å². The van der Waals surface area contributed by atoms with Gasteiger partial charge in [-0.2, -0.15) is 0 Å². The normalized spacial score (nSPS) is 17.4. The Bertz CT molecular complexity index is 514. The van der Waals surface area contributed by atoms with Gasteiger partial charge in [0.05, 0.1) is 5.69 Å². The zero-order valence-corrected chi connectivity index (χ0v) is 11.5. The number of aromatic nitrogens is 1. The van der Waals surface area contributed by atoms with Crippen molar-refractivity contribution in [3.8, 4) is 0 Å². The predicted octanol–water partition coefficient (Wildman–Crippen LogP) is 3.33. The number of nitrogens with zero attached hydrogens (tertiary/aromatic N) is 1. The third kappa shape index (κ3) is 1.88. The smallest absolute Gasteiger partial charge is 0.103 e. The Morgan fingerprint density at radius 2 is 2.06 bits per heavy atom. The Morgan fingerprint density at radius 3 is 2.67 bits per heavy atom. The van der Waals surface area contributed by atoms with Crippen LogP contribution in [0.4, 0.5) is 0 Å². The molecule has 0 unspecified atom stereocenters. The van der Waals surface area contributed by atoms with Crippen LogP contribution in [0.15, 0.2) is 35.7 Å². The van der Waals surface area contributed by atoms with E-state index in [1.165, 1.54) is 35.5 Å². The van der Waals surface area contributed by atoms with Crippen LogP contribution >= 0.6 is 11.3 Å². The van der Waals surface area contributed by atoms with E-state index >= 15 is 0 Å². The van der Waals surface area contributed by atoms with Gasteiger partial charge in [-0.05, 0) is 25.5 Å². The van der Waals surface area contributed by atoms with Crippen LogP contribution in [0.5, 0.6) is 0 Å². The highest BCUT2D eigenvalue weighted by atomic mass is 32.1. The van der Waals surface area contributed by atoms with Gasteiger partial charge in [0.1, 0.15) is 5.01 Å². The van der Waals surface area contributed by atoms with E-state index in [9.17, 15) is 0 Å². The number of thiazole rings is 1. The van der Waals surface area contributed by atoms with E-state index in [1.807, 2.05) is 18.4 Å². The van der Waals surface area contributed by atoms with Crippen LogP contribution < -0.4 is 5.32 Å². The highest BCUT2D eigenvalue weighted by Gasteiger charge is 2.42. The topological polar surface area (TPSA) is 24.9 Å². The first-order valence-corrected chi connectivity index (χ1v) is 7.38. The molecule has 1 aliphatic rings. The maximum Gasteiger partial charge on any atom is 0.103 e. The van der Waals surface area contributed by atoms with E-state index in [0.717, 1.165) is 6.54 Å². The summed E-state index contributed by atoms with van der Waals surface area (Å²) < 4.78 is 0. The Morgan fingerprint density at radius 1 is 1.28 bits per heavy atom. The molecule has 0 atom stereocenters. The van der Waals surface area contributed by atoms with Crippen LogP contribution in [0.3, 0.4) is 0 Å². The summed E-state index contributed by atoms with van der Waals surface area (Å²) in [5, 5.41) is 6.65. The first-order chi connectivity index (χ1) is 8.85. The van der Waals surface area contributed by atoms with Gasteiger partial charge < -0.3 is 5.32 Å². The first-order valence-electron chi connectivity index (χ1n) is 6.50. The summed E-state index contributed by atoms with van der Waals surface area (Å²) in [6.07, 6.45) is 3.79. The molecule has 0 radical (unpaired) electrons. The van der Waals surface area contributed by atoms with Crippen molar-refractivity contribution in [3.63, 3.8) is 0 Å². The standard InChI is InChI=1S/C15H18N2S/c1-16-10-13-11-18-14(17-13)15(8-5-9-15)12-6-3-2-4-7-12/h2-4,6-7,11,16H,5,8-10H2,1H3. The maximum atomic E-state index is 4.83. The van der Waals surface area contributed by atoms with Gasteiger partial charge in [-0.3, -0.25) is 0 Å². The lowest BCUT2D eigenvalue weighted by Gasteiger charge is -2.40. The molecule has 1 aromatic heterocycles. The number of hydrogen-bond acceptors (Lipinski definition) is 3. The Balaban J connectivity index is 1.96. The fourth-order valence-electron chi connectivity index (χ4n) is 2.70. The molecule has 0 amide bonds. The molecule has 1 fully saturated rings. The van der Waals surface area contributed by atoms with Gasteiger partial charge in [-0.25, -0.2) is 4.98 Å². The molecule has 18 heavy (non-hydrogen) atoms. The third-order valence-corrected chi connectivity index (χ3v) is 4.95. The molecule has 3 rings (SSSR count). The van der Waals surface area contributed by atoms with Crippen LogP contribution in [-0.2, 0) is 12.0 Å². The van der Waals surface area contributed by atoms with Crippen LogP contribution in [0.25, 0.3) is 0 Å². The lowest BCUT2D eigenvalue weighted by molar-refractivity contribution is 0.300. The summed E-state index contributed by atoms with van der Waals surface area (Å²) in [4.78, 5) is 4.83. The van der Waals surface area contributed by atoms with Crippen molar-refractivity contribution in [1.29, 1.82) is 0 Å². The minimum absolute atomic E-state index is 0.206. The van der Waals surface area contributed by atoms with Crippen molar-refractivity contribution in [2.24, 2.45) is 0 Å². The molecule has 1 heterocycles. The van der Waals surface area contributed by atoms with Crippen LogP contribution in [-0.4, -0.2) is 12.0 Å². The van der Waals surface area contributed by atoms with E-state index in [2.05, 4.69) is 41.0 Å². The molecule has 0 aliphatic heterocycles. The Labute approximate surface area is 112 Å². The average molecular weight is 258 g/mol. The van der Waals surface area contributed by atoms with Crippen molar-refractivity contribution in [3.05, 3.63) is 52.0 Å². The molecule has 0 bridgehead atoms. The molecule has 1 N–H and O–H groups in total. The van der Waals surface area contributed by atoms with Crippen molar-refractivity contribution < 1.29 is 0 Å². The summed E-state index contributed by atoms with van der Waals surface area (Å²) >= 11 is 1.82. The number of hydrogen-bond donors (Lipinski definition) is 1. The molecule has 0 spiro atoms. The average Bonchev–Trinajstić information content (AvgIpc) is 2.79. The molecule has 2 aromatic rings. The maximum absolute atomic E-state index is 4.83. The zero-order valence-electron chi connectivity index (χ0n) is 10.6. The molecule has 1 aromatic carbocycles.